The molecule has 0 amide bonds. The summed E-state index contributed by atoms with van der Waals surface area (Å²) in [5, 5.41) is 8.67. The van der Waals surface area contributed by atoms with Crippen molar-refractivity contribution < 1.29 is 13.9 Å². The van der Waals surface area contributed by atoms with Crippen LogP contribution in [0.2, 0.25) is 0 Å². The molecule has 1 rings (SSSR count). The van der Waals surface area contributed by atoms with Crippen molar-refractivity contribution in [3.8, 4) is 0 Å². The van der Waals surface area contributed by atoms with E-state index in [1.54, 1.807) is 0 Å². The van der Waals surface area contributed by atoms with Gasteiger partial charge in [0.15, 0.2) is 5.56 Å². The van der Waals surface area contributed by atoms with Crippen LogP contribution >= 0.6 is 11.6 Å². The van der Waals surface area contributed by atoms with Crippen LogP contribution in [0.4, 0.5) is 8.78 Å². The smallest absolute Gasteiger partial charge is 0.159 e. The molecule has 1 unspecified atom stereocenters. The van der Waals surface area contributed by atoms with Crippen LogP contribution in [0, 0.1) is 11.6 Å². The maximum atomic E-state index is 12.6. The van der Waals surface area contributed by atoms with Crippen LogP contribution in [-0.4, -0.2) is 5.11 Å². The lowest BCUT2D eigenvalue weighted by Gasteiger charge is -2.04. The molecule has 1 atom stereocenters. The molecule has 0 saturated carbocycles. The number of hydrogen-bond donors (Lipinski definition) is 1. The Bertz CT molecular complexity index is 242. The number of benzene rings is 1. The molecule has 0 aromatic heterocycles. The van der Waals surface area contributed by atoms with E-state index >= 15 is 0 Å². The van der Waals surface area contributed by atoms with E-state index in [1.165, 1.54) is 6.07 Å². The average Bonchev–Trinajstić information content (AvgIpc) is 1.85. The second-order valence-electron chi connectivity index (χ2n) is 1.97. The predicted molar refractivity (Wildman–Crippen MR) is 37.2 cm³/mol. The van der Waals surface area contributed by atoms with Crippen molar-refractivity contribution in [3.63, 3.8) is 0 Å². The van der Waals surface area contributed by atoms with E-state index < -0.39 is 22.8 Å². The molecular formula is C7H5ClF2O. The van der Waals surface area contributed by atoms with Gasteiger partial charge in [-0.1, -0.05) is 17.7 Å². The van der Waals surface area contributed by atoms with Gasteiger partial charge in [-0.2, -0.15) is 0 Å². The van der Waals surface area contributed by atoms with Gasteiger partial charge >= 0.3 is 0 Å². The van der Waals surface area contributed by atoms with E-state index in [2.05, 4.69) is 0 Å². The van der Waals surface area contributed by atoms with Gasteiger partial charge in [0.25, 0.3) is 0 Å². The summed E-state index contributed by atoms with van der Waals surface area (Å²) in [4.78, 5) is 0. The van der Waals surface area contributed by atoms with Crippen molar-refractivity contribution >= 4 is 11.6 Å². The number of hydrogen-bond acceptors (Lipinski definition) is 1. The summed E-state index contributed by atoms with van der Waals surface area (Å²) in [6.45, 7) is 0. The molecule has 1 N–H and O–H groups in total. The van der Waals surface area contributed by atoms with Gasteiger partial charge in [-0.05, 0) is 12.1 Å². The number of aliphatic hydroxyl groups excluding tert-OH is 1. The molecule has 0 bridgehead atoms. The highest BCUT2D eigenvalue weighted by atomic mass is 35.5. The Morgan fingerprint density at radius 1 is 1.27 bits per heavy atom. The monoisotopic (exact) mass is 178 g/mol. The van der Waals surface area contributed by atoms with Gasteiger partial charge in [-0.15, -0.1) is 0 Å². The number of alkyl halides is 1. The standard InChI is InChI=1S/C7H5ClF2O/c8-7(11)6-4(9)2-1-3-5(6)10/h1-3,7,11H. The van der Waals surface area contributed by atoms with Crippen LogP contribution in [0.3, 0.4) is 0 Å². The van der Waals surface area contributed by atoms with Crippen molar-refractivity contribution in [3.05, 3.63) is 35.4 Å². The Labute approximate surface area is 67.2 Å². The number of aliphatic hydroxyl groups is 1. The van der Waals surface area contributed by atoms with Crippen molar-refractivity contribution in [1.82, 2.24) is 0 Å². The molecule has 0 aliphatic rings. The highest BCUT2D eigenvalue weighted by molar-refractivity contribution is 6.19. The molecule has 1 nitrogen and oxygen atoms in total. The van der Waals surface area contributed by atoms with E-state index in [4.69, 9.17) is 16.7 Å². The molecule has 4 heteroatoms. The molecule has 0 spiro atoms. The Morgan fingerprint density at radius 2 is 1.73 bits per heavy atom. The highest BCUT2D eigenvalue weighted by Gasteiger charge is 2.14. The molecule has 0 radical (unpaired) electrons. The minimum atomic E-state index is -1.63. The molecule has 0 fully saturated rings. The second kappa shape index (κ2) is 3.15. The summed E-state index contributed by atoms with van der Waals surface area (Å²) in [5.41, 5.74) is -2.13. The topological polar surface area (TPSA) is 20.2 Å². The van der Waals surface area contributed by atoms with E-state index in [1.807, 2.05) is 0 Å². The van der Waals surface area contributed by atoms with Crippen LogP contribution in [0.5, 0.6) is 0 Å². The summed E-state index contributed by atoms with van der Waals surface area (Å²) in [6, 6.07) is 3.27. The summed E-state index contributed by atoms with van der Waals surface area (Å²) < 4.78 is 25.2. The zero-order chi connectivity index (χ0) is 8.43. The Kier molecular flexibility index (Phi) is 2.42. The number of rotatable bonds is 1. The first-order valence-corrected chi connectivity index (χ1v) is 3.32. The van der Waals surface area contributed by atoms with E-state index in [9.17, 15) is 8.78 Å². The molecular weight excluding hydrogens is 174 g/mol. The summed E-state index contributed by atoms with van der Waals surface area (Å²) in [6.07, 6.45) is 0. The average molecular weight is 179 g/mol. The first-order valence-electron chi connectivity index (χ1n) is 2.89. The third-order valence-electron chi connectivity index (χ3n) is 1.24. The summed E-state index contributed by atoms with van der Waals surface area (Å²) in [7, 11) is 0. The van der Waals surface area contributed by atoms with Gasteiger partial charge < -0.3 is 5.11 Å². The maximum Gasteiger partial charge on any atom is 0.159 e. The summed E-state index contributed by atoms with van der Waals surface area (Å²) >= 11 is 5.09. The minimum Gasteiger partial charge on any atom is -0.373 e. The Balaban J connectivity index is 3.21. The second-order valence-corrected chi connectivity index (χ2v) is 2.38. The third-order valence-corrected chi connectivity index (χ3v) is 1.46. The predicted octanol–water partition coefficient (Wildman–Crippen LogP) is 2.19. The van der Waals surface area contributed by atoms with Crippen LogP contribution < -0.4 is 0 Å². The molecule has 0 aliphatic heterocycles. The van der Waals surface area contributed by atoms with E-state index in [-0.39, 0.29) is 0 Å². The Morgan fingerprint density at radius 3 is 2.00 bits per heavy atom. The highest BCUT2D eigenvalue weighted by Crippen LogP contribution is 2.22. The quantitative estimate of drug-likeness (QED) is 0.654. The van der Waals surface area contributed by atoms with Crippen LogP contribution in [0.1, 0.15) is 11.1 Å². The van der Waals surface area contributed by atoms with E-state index in [0.29, 0.717) is 0 Å². The lowest BCUT2D eigenvalue weighted by atomic mass is 10.2. The SMILES string of the molecule is OC(Cl)c1c(F)cccc1F. The number of halogens is 3. The zero-order valence-electron chi connectivity index (χ0n) is 5.39. The van der Waals surface area contributed by atoms with Gasteiger partial charge in [0.05, 0.1) is 5.56 Å². The molecule has 60 valence electrons. The molecule has 1 aromatic rings. The van der Waals surface area contributed by atoms with Gasteiger partial charge in [0.2, 0.25) is 0 Å². The fourth-order valence-electron chi connectivity index (χ4n) is 0.738. The zero-order valence-corrected chi connectivity index (χ0v) is 6.15. The molecule has 0 heterocycles. The van der Waals surface area contributed by atoms with Gasteiger partial charge in [-0.3, -0.25) is 0 Å². The molecule has 1 aromatic carbocycles. The van der Waals surface area contributed by atoms with Crippen molar-refractivity contribution in [2.45, 2.75) is 5.56 Å². The van der Waals surface area contributed by atoms with Crippen molar-refractivity contribution in [2.75, 3.05) is 0 Å². The normalized spacial score (nSPS) is 13.1. The fourth-order valence-corrected chi connectivity index (χ4v) is 0.947. The van der Waals surface area contributed by atoms with Crippen LogP contribution in [-0.2, 0) is 0 Å². The molecule has 0 saturated heterocycles. The van der Waals surface area contributed by atoms with Crippen molar-refractivity contribution in [2.24, 2.45) is 0 Å². The first kappa shape index (κ1) is 8.43. The lowest BCUT2D eigenvalue weighted by Crippen LogP contribution is -1.97. The van der Waals surface area contributed by atoms with E-state index in [0.717, 1.165) is 12.1 Å². The first-order chi connectivity index (χ1) is 5.13. The summed E-state index contributed by atoms with van der Waals surface area (Å²) in [5.74, 6) is -1.68. The maximum absolute atomic E-state index is 12.6. The molecule has 11 heavy (non-hydrogen) atoms. The van der Waals surface area contributed by atoms with Crippen LogP contribution in [0.15, 0.2) is 18.2 Å². The van der Waals surface area contributed by atoms with Crippen molar-refractivity contribution in [1.29, 1.82) is 0 Å². The minimum absolute atomic E-state index is 0.505. The molecule has 0 aliphatic carbocycles. The van der Waals surface area contributed by atoms with Crippen LogP contribution in [0.25, 0.3) is 0 Å². The van der Waals surface area contributed by atoms with Gasteiger partial charge in [0, 0.05) is 0 Å². The third kappa shape index (κ3) is 1.67. The fraction of sp³-hybridized carbons (Fsp3) is 0.143. The van der Waals surface area contributed by atoms with Gasteiger partial charge in [0.1, 0.15) is 11.6 Å². The van der Waals surface area contributed by atoms with Gasteiger partial charge in [-0.25, -0.2) is 8.78 Å². The lowest BCUT2D eigenvalue weighted by molar-refractivity contribution is 0.250. The Hall–Kier alpha value is -0.670. The largest absolute Gasteiger partial charge is 0.373 e.